The monoisotopic (exact) mass is 277 g/mol. The first kappa shape index (κ1) is 16.4. The summed E-state index contributed by atoms with van der Waals surface area (Å²) in [7, 11) is 1.42. The summed E-state index contributed by atoms with van der Waals surface area (Å²) in [6, 6.07) is 4.21. The Balaban J connectivity index is 0.00000289. The van der Waals surface area contributed by atoms with Crippen LogP contribution in [0, 0.1) is 10.1 Å². The van der Waals surface area contributed by atoms with Gasteiger partial charge in [0.25, 0.3) is 5.69 Å². The van der Waals surface area contributed by atoms with Crippen LogP contribution in [0.25, 0.3) is 0 Å². The molecule has 0 aliphatic carbocycles. The normalized spacial score (nSPS) is 11.3. The number of nitrogens with two attached hydrogens (primary N) is 1. The van der Waals surface area contributed by atoms with Crippen LogP contribution in [0.2, 0.25) is 0 Å². The van der Waals surface area contributed by atoms with Crippen LogP contribution >= 0.6 is 12.4 Å². The summed E-state index contributed by atoms with van der Waals surface area (Å²) < 4.78 is 5.02. The molecule has 1 unspecified atom stereocenters. The van der Waals surface area contributed by atoms with Crippen molar-refractivity contribution in [2.75, 3.05) is 25.5 Å². The van der Waals surface area contributed by atoms with Crippen LogP contribution in [0.4, 0.5) is 11.4 Å². The molecule has 0 aromatic heterocycles. The van der Waals surface area contributed by atoms with E-state index in [0.29, 0.717) is 11.4 Å². The molecule has 8 heteroatoms. The zero-order valence-corrected chi connectivity index (χ0v) is 10.6. The lowest BCUT2D eigenvalue weighted by atomic mass is 10.2. The highest BCUT2D eigenvalue weighted by molar-refractivity contribution is 5.85. The number of nitro benzene ring substituents is 1. The van der Waals surface area contributed by atoms with E-state index in [1.807, 2.05) is 0 Å². The number of hydrogen-bond donors (Lipinski definition) is 3. The Labute approximate surface area is 110 Å². The van der Waals surface area contributed by atoms with Crippen molar-refractivity contribution in [2.45, 2.75) is 6.10 Å². The van der Waals surface area contributed by atoms with Crippen molar-refractivity contribution in [2.24, 2.45) is 5.73 Å². The Morgan fingerprint density at radius 3 is 2.78 bits per heavy atom. The highest BCUT2D eigenvalue weighted by Crippen LogP contribution is 2.28. The van der Waals surface area contributed by atoms with Crippen LogP contribution in [0.5, 0.6) is 5.75 Å². The molecule has 7 nitrogen and oxygen atoms in total. The van der Waals surface area contributed by atoms with Gasteiger partial charge in [-0.15, -0.1) is 12.4 Å². The predicted molar refractivity (Wildman–Crippen MR) is 70.4 cm³/mol. The van der Waals surface area contributed by atoms with Gasteiger partial charge in [-0.05, 0) is 6.07 Å². The number of rotatable bonds is 6. The fourth-order valence-electron chi connectivity index (χ4n) is 1.25. The number of halogens is 1. The first-order valence-electron chi connectivity index (χ1n) is 5.03. The summed E-state index contributed by atoms with van der Waals surface area (Å²) in [4.78, 5) is 10.1. The quantitative estimate of drug-likeness (QED) is 0.523. The van der Waals surface area contributed by atoms with Gasteiger partial charge in [0, 0.05) is 19.2 Å². The molecule has 18 heavy (non-hydrogen) atoms. The Bertz CT molecular complexity index is 403. The van der Waals surface area contributed by atoms with Gasteiger partial charge in [-0.1, -0.05) is 0 Å². The summed E-state index contributed by atoms with van der Waals surface area (Å²) in [5.74, 6) is 0.350. The zero-order valence-electron chi connectivity index (χ0n) is 9.83. The molecule has 1 aromatic carbocycles. The molecule has 0 aliphatic heterocycles. The van der Waals surface area contributed by atoms with Crippen molar-refractivity contribution in [3.05, 3.63) is 28.3 Å². The molecule has 0 fully saturated rings. The van der Waals surface area contributed by atoms with E-state index in [0.717, 1.165) is 0 Å². The lowest BCUT2D eigenvalue weighted by Gasteiger charge is -2.13. The van der Waals surface area contributed by atoms with Gasteiger partial charge in [0.15, 0.2) is 0 Å². The molecular formula is C10H16ClN3O4. The Kier molecular flexibility index (Phi) is 7.03. The molecule has 0 saturated heterocycles. The third kappa shape index (κ3) is 4.36. The van der Waals surface area contributed by atoms with Crippen molar-refractivity contribution in [1.82, 2.24) is 0 Å². The maximum Gasteiger partial charge on any atom is 0.273 e. The molecule has 1 atom stereocenters. The fraction of sp³-hybridized carbons (Fsp3) is 0.400. The first-order chi connectivity index (χ1) is 8.08. The SMILES string of the molecule is COc1cc([N+](=O)[O-])ccc1NCC(O)CN.Cl. The second-order valence-electron chi connectivity index (χ2n) is 3.41. The van der Waals surface area contributed by atoms with Gasteiger partial charge in [0.1, 0.15) is 5.75 Å². The number of anilines is 1. The number of aliphatic hydroxyl groups excluding tert-OH is 1. The van der Waals surface area contributed by atoms with E-state index < -0.39 is 11.0 Å². The molecule has 0 spiro atoms. The van der Waals surface area contributed by atoms with E-state index in [4.69, 9.17) is 10.5 Å². The number of benzene rings is 1. The van der Waals surface area contributed by atoms with Crippen LogP contribution in [0.1, 0.15) is 0 Å². The van der Waals surface area contributed by atoms with Gasteiger partial charge in [-0.3, -0.25) is 10.1 Å². The Morgan fingerprint density at radius 1 is 1.61 bits per heavy atom. The molecule has 0 saturated carbocycles. The lowest BCUT2D eigenvalue weighted by molar-refractivity contribution is -0.384. The third-order valence-corrected chi connectivity index (χ3v) is 2.20. The second kappa shape index (κ2) is 7.70. The highest BCUT2D eigenvalue weighted by atomic mass is 35.5. The second-order valence-corrected chi connectivity index (χ2v) is 3.41. The van der Waals surface area contributed by atoms with Crippen molar-refractivity contribution in [3.63, 3.8) is 0 Å². The average molecular weight is 278 g/mol. The number of ether oxygens (including phenoxy) is 1. The maximum atomic E-state index is 10.6. The Hall–Kier alpha value is -1.57. The van der Waals surface area contributed by atoms with Gasteiger partial charge in [-0.2, -0.15) is 0 Å². The topological polar surface area (TPSA) is 111 Å². The zero-order chi connectivity index (χ0) is 12.8. The largest absolute Gasteiger partial charge is 0.494 e. The number of hydrogen-bond acceptors (Lipinski definition) is 6. The molecule has 0 aliphatic rings. The lowest BCUT2D eigenvalue weighted by Crippen LogP contribution is -2.27. The molecule has 0 radical (unpaired) electrons. The van der Waals surface area contributed by atoms with E-state index in [-0.39, 0.29) is 31.2 Å². The number of non-ortho nitro benzene ring substituents is 1. The number of aliphatic hydroxyl groups is 1. The molecule has 0 heterocycles. The van der Waals surface area contributed by atoms with Gasteiger partial charge >= 0.3 is 0 Å². The summed E-state index contributed by atoms with van der Waals surface area (Å²) >= 11 is 0. The standard InChI is InChI=1S/C10H15N3O4.ClH/c1-17-10-4-7(13(15)16)2-3-9(10)12-6-8(14)5-11;/h2-4,8,12,14H,5-6,11H2,1H3;1H. The predicted octanol–water partition coefficient (Wildman–Crippen LogP) is 0.757. The molecule has 0 amide bonds. The summed E-state index contributed by atoms with van der Waals surface area (Å²) in [6.07, 6.45) is -0.671. The molecular weight excluding hydrogens is 262 g/mol. The van der Waals surface area contributed by atoms with Gasteiger partial charge < -0.3 is 20.9 Å². The van der Waals surface area contributed by atoms with E-state index in [1.54, 1.807) is 0 Å². The number of nitrogens with zero attached hydrogens (tertiary/aromatic N) is 1. The maximum absolute atomic E-state index is 10.6. The number of nitro groups is 1. The van der Waals surface area contributed by atoms with Gasteiger partial charge in [0.2, 0.25) is 0 Å². The molecule has 0 bridgehead atoms. The van der Waals surface area contributed by atoms with Crippen LogP contribution in [-0.4, -0.2) is 36.3 Å². The highest BCUT2D eigenvalue weighted by Gasteiger charge is 2.11. The van der Waals surface area contributed by atoms with Crippen molar-refractivity contribution in [1.29, 1.82) is 0 Å². The summed E-state index contributed by atoms with van der Waals surface area (Å²) in [6.45, 7) is 0.396. The number of nitrogens with one attached hydrogen (secondary N) is 1. The number of methoxy groups -OCH3 is 1. The Morgan fingerprint density at radius 2 is 2.28 bits per heavy atom. The minimum Gasteiger partial charge on any atom is -0.494 e. The molecule has 102 valence electrons. The third-order valence-electron chi connectivity index (χ3n) is 2.20. The first-order valence-corrected chi connectivity index (χ1v) is 5.03. The van der Waals surface area contributed by atoms with Crippen LogP contribution in [-0.2, 0) is 0 Å². The molecule has 1 rings (SSSR count). The van der Waals surface area contributed by atoms with E-state index in [9.17, 15) is 15.2 Å². The van der Waals surface area contributed by atoms with Crippen molar-refractivity contribution >= 4 is 23.8 Å². The van der Waals surface area contributed by atoms with Crippen LogP contribution in [0.3, 0.4) is 0 Å². The van der Waals surface area contributed by atoms with Crippen molar-refractivity contribution in [3.8, 4) is 5.75 Å². The fourth-order valence-corrected chi connectivity index (χ4v) is 1.25. The van der Waals surface area contributed by atoms with Gasteiger partial charge in [-0.25, -0.2) is 0 Å². The minimum absolute atomic E-state index is 0. The molecule has 4 N–H and O–H groups in total. The summed E-state index contributed by atoms with van der Waals surface area (Å²) in [5.41, 5.74) is 5.79. The smallest absolute Gasteiger partial charge is 0.273 e. The van der Waals surface area contributed by atoms with E-state index in [2.05, 4.69) is 5.32 Å². The minimum atomic E-state index is -0.671. The van der Waals surface area contributed by atoms with Crippen molar-refractivity contribution < 1.29 is 14.8 Å². The van der Waals surface area contributed by atoms with E-state index >= 15 is 0 Å². The molecule has 1 aromatic rings. The summed E-state index contributed by atoms with van der Waals surface area (Å²) in [5, 5.41) is 22.8. The van der Waals surface area contributed by atoms with Crippen LogP contribution < -0.4 is 15.8 Å². The van der Waals surface area contributed by atoms with Crippen LogP contribution in [0.15, 0.2) is 18.2 Å². The van der Waals surface area contributed by atoms with Gasteiger partial charge in [0.05, 0.1) is 29.9 Å². The average Bonchev–Trinajstić information content (AvgIpc) is 2.35. The van der Waals surface area contributed by atoms with E-state index in [1.165, 1.54) is 25.3 Å².